The van der Waals surface area contributed by atoms with Gasteiger partial charge in [-0.15, -0.1) is 0 Å². The van der Waals surface area contributed by atoms with Crippen LogP contribution in [0.25, 0.3) is 6.08 Å². The predicted octanol–water partition coefficient (Wildman–Crippen LogP) is 0.200. The Bertz CT molecular complexity index is 620. The minimum absolute atomic E-state index is 0.0481. The van der Waals surface area contributed by atoms with Crippen molar-refractivity contribution in [3.63, 3.8) is 0 Å². The highest BCUT2D eigenvalue weighted by Crippen LogP contribution is 2.17. The van der Waals surface area contributed by atoms with E-state index in [1.807, 2.05) is 0 Å². The van der Waals surface area contributed by atoms with E-state index in [2.05, 4.69) is 4.98 Å². The molecule has 2 rings (SSSR count). The smallest absolute Gasteiger partial charge is 0.328 e. The second-order valence-corrected chi connectivity index (χ2v) is 6.08. The topological polar surface area (TPSA) is 96.8 Å². The third-order valence-corrected chi connectivity index (χ3v) is 4.62. The Kier molecular flexibility index (Phi) is 4.48. The number of aliphatic carboxylic acids is 1. The molecule has 0 spiro atoms. The molecule has 1 N–H and O–H groups in total. The molecule has 108 valence electrons. The Morgan fingerprint density at radius 1 is 1.35 bits per heavy atom. The van der Waals surface area contributed by atoms with Crippen LogP contribution in [0, 0.1) is 0 Å². The van der Waals surface area contributed by atoms with Gasteiger partial charge in [-0.2, -0.15) is 4.31 Å². The number of rotatable bonds is 4. The van der Waals surface area contributed by atoms with Gasteiger partial charge in [0.15, 0.2) is 0 Å². The number of carboxylic acid groups (broad SMARTS) is 1. The van der Waals surface area contributed by atoms with Crippen molar-refractivity contribution >= 4 is 22.1 Å². The fourth-order valence-electron chi connectivity index (χ4n) is 1.77. The van der Waals surface area contributed by atoms with Crippen molar-refractivity contribution in [3.05, 3.63) is 30.1 Å². The Balaban J connectivity index is 2.27. The maximum absolute atomic E-state index is 12.4. The summed E-state index contributed by atoms with van der Waals surface area (Å²) < 4.78 is 31.2. The molecule has 0 atom stereocenters. The summed E-state index contributed by atoms with van der Waals surface area (Å²) in [5.74, 6) is -1.11. The van der Waals surface area contributed by atoms with Crippen LogP contribution in [0.3, 0.4) is 0 Å². The van der Waals surface area contributed by atoms with Gasteiger partial charge in [0.05, 0.1) is 13.2 Å². The van der Waals surface area contributed by atoms with Gasteiger partial charge in [-0.3, -0.25) is 4.98 Å². The van der Waals surface area contributed by atoms with E-state index in [1.165, 1.54) is 28.8 Å². The molecular formula is C12H14N2O5S. The van der Waals surface area contributed by atoms with E-state index < -0.39 is 16.0 Å². The van der Waals surface area contributed by atoms with Crippen LogP contribution in [0.1, 0.15) is 5.56 Å². The number of ether oxygens (including phenoxy) is 1. The zero-order chi connectivity index (χ0) is 14.6. The lowest BCUT2D eigenvalue weighted by Crippen LogP contribution is -2.40. The number of nitrogens with zero attached hydrogens (tertiary/aromatic N) is 2. The lowest BCUT2D eigenvalue weighted by Gasteiger charge is -2.25. The first-order valence-corrected chi connectivity index (χ1v) is 7.38. The van der Waals surface area contributed by atoms with Gasteiger partial charge in [0.1, 0.15) is 4.90 Å². The number of carboxylic acids is 1. The monoisotopic (exact) mass is 298 g/mol. The third-order valence-electron chi connectivity index (χ3n) is 2.76. The van der Waals surface area contributed by atoms with Gasteiger partial charge in [-0.25, -0.2) is 13.2 Å². The molecule has 0 bridgehead atoms. The second-order valence-electron chi connectivity index (χ2n) is 4.14. The van der Waals surface area contributed by atoms with Crippen molar-refractivity contribution < 1.29 is 23.1 Å². The first-order valence-electron chi connectivity index (χ1n) is 5.94. The van der Waals surface area contributed by atoms with Gasteiger partial charge in [0, 0.05) is 31.6 Å². The summed E-state index contributed by atoms with van der Waals surface area (Å²) in [5.41, 5.74) is 0.418. The number of hydrogen-bond acceptors (Lipinski definition) is 5. The Morgan fingerprint density at radius 3 is 2.70 bits per heavy atom. The molecule has 1 fully saturated rings. The number of hydrogen-bond donors (Lipinski definition) is 1. The van der Waals surface area contributed by atoms with Crippen molar-refractivity contribution in [2.45, 2.75) is 4.90 Å². The minimum atomic E-state index is -3.61. The van der Waals surface area contributed by atoms with Crippen molar-refractivity contribution in [2.24, 2.45) is 0 Å². The van der Waals surface area contributed by atoms with Gasteiger partial charge in [-0.05, 0) is 17.7 Å². The molecule has 0 saturated carbocycles. The van der Waals surface area contributed by atoms with Crippen LogP contribution in [0.5, 0.6) is 0 Å². The van der Waals surface area contributed by atoms with Gasteiger partial charge in [0.2, 0.25) is 10.0 Å². The van der Waals surface area contributed by atoms with E-state index in [4.69, 9.17) is 9.84 Å². The molecule has 1 aliphatic rings. The molecule has 1 saturated heterocycles. The lowest BCUT2D eigenvalue weighted by molar-refractivity contribution is -0.131. The molecule has 0 aromatic carbocycles. The minimum Gasteiger partial charge on any atom is -0.478 e. The fraction of sp³-hybridized carbons (Fsp3) is 0.333. The second kappa shape index (κ2) is 6.12. The van der Waals surface area contributed by atoms with E-state index in [0.717, 1.165) is 6.08 Å². The molecule has 1 aromatic rings. The summed E-state index contributed by atoms with van der Waals surface area (Å²) in [5, 5.41) is 8.56. The van der Waals surface area contributed by atoms with Gasteiger partial charge >= 0.3 is 5.97 Å². The van der Waals surface area contributed by atoms with Gasteiger partial charge in [-0.1, -0.05) is 0 Å². The highest BCUT2D eigenvalue weighted by Gasteiger charge is 2.26. The summed E-state index contributed by atoms with van der Waals surface area (Å²) in [6.45, 7) is 1.34. The molecule has 1 aromatic heterocycles. The average molecular weight is 298 g/mol. The van der Waals surface area contributed by atoms with E-state index >= 15 is 0 Å². The fourth-order valence-corrected chi connectivity index (χ4v) is 3.18. The largest absolute Gasteiger partial charge is 0.478 e. The van der Waals surface area contributed by atoms with E-state index in [0.29, 0.717) is 31.9 Å². The SMILES string of the molecule is O=C(O)C=Cc1cncc(S(=O)(=O)N2CCOCC2)c1. The number of sulfonamides is 1. The molecule has 7 nitrogen and oxygen atoms in total. The maximum Gasteiger partial charge on any atom is 0.328 e. The standard InChI is InChI=1S/C12H14N2O5S/c15-12(16)2-1-10-7-11(9-13-8-10)20(17,18)14-3-5-19-6-4-14/h1-2,7-9H,3-6H2,(H,15,16). The van der Waals surface area contributed by atoms with Crippen molar-refractivity contribution in [1.82, 2.24) is 9.29 Å². The quantitative estimate of drug-likeness (QED) is 0.798. The van der Waals surface area contributed by atoms with Crippen molar-refractivity contribution in [1.29, 1.82) is 0 Å². The van der Waals surface area contributed by atoms with Crippen LogP contribution >= 0.6 is 0 Å². The maximum atomic E-state index is 12.4. The highest BCUT2D eigenvalue weighted by atomic mass is 32.2. The number of morpholine rings is 1. The molecule has 2 heterocycles. The lowest BCUT2D eigenvalue weighted by atomic mass is 10.2. The Labute approximate surface area is 116 Å². The van der Waals surface area contributed by atoms with Crippen LogP contribution in [0.4, 0.5) is 0 Å². The van der Waals surface area contributed by atoms with Crippen LogP contribution < -0.4 is 0 Å². The highest BCUT2D eigenvalue weighted by molar-refractivity contribution is 7.89. The molecular weight excluding hydrogens is 284 g/mol. The molecule has 0 aliphatic carbocycles. The summed E-state index contributed by atoms with van der Waals surface area (Å²) in [6, 6.07) is 1.40. The van der Waals surface area contributed by atoms with Crippen LogP contribution in [0.2, 0.25) is 0 Å². The van der Waals surface area contributed by atoms with E-state index in [9.17, 15) is 13.2 Å². The van der Waals surface area contributed by atoms with E-state index in [-0.39, 0.29) is 4.90 Å². The van der Waals surface area contributed by atoms with Crippen molar-refractivity contribution in [2.75, 3.05) is 26.3 Å². The first-order chi connectivity index (χ1) is 9.50. The predicted molar refractivity (Wildman–Crippen MR) is 70.5 cm³/mol. The molecule has 20 heavy (non-hydrogen) atoms. The van der Waals surface area contributed by atoms with Crippen LogP contribution in [-0.2, 0) is 19.6 Å². The molecule has 0 radical (unpaired) electrons. The zero-order valence-electron chi connectivity index (χ0n) is 10.6. The average Bonchev–Trinajstić information content (AvgIpc) is 2.46. The van der Waals surface area contributed by atoms with Crippen molar-refractivity contribution in [3.8, 4) is 0 Å². The molecule has 1 aliphatic heterocycles. The summed E-state index contributed by atoms with van der Waals surface area (Å²) in [6.07, 6.45) is 4.89. The Hall–Kier alpha value is -1.77. The molecule has 0 amide bonds. The number of aromatic nitrogens is 1. The molecule has 0 unspecified atom stereocenters. The number of carbonyl (C=O) groups is 1. The number of pyridine rings is 1. The zero-order valence-corrected chi connectivity index (χ0v) is 11.4. The summed E-state index contributed by atoms with van der Waals surface area (Å²) in [4.78, 5) is 14.3. The Morgan fingerprint density at radius 2 is 2.05 bits per heavy atom. The van der Waals surface area contributed by atoms with Crippen LogP contribution in [0.15, 0.2) is 29.4 Å². The van der Waals surface area contributed by atoms with Gasteiger partial charge < -0.3 is 9.84 Å². The summed E-state index contributed by atoms with van der Waals surface area (Å²) in [7, 11) is -3.61. The third kappa shape index (κ3) is 3.41. The normalized spacial score (nSPS) is 17.4. The summed E-state index contributed by atoms with van der Waals surface area (Å²) >= 11 is 0. The van der Waals surface area contributed by atoms with E-state index in [1.54, 1.807) is 0 Å². The molecule has 8 heteroatoms. The van der Waals surface area contributed by atoms with Gasteiger partial charge in [0.25, 0.3) is 0 Å². The van der Waals surface area contributed by atoms with Crippen LogP contribution in [-0.4, -0.2) is 55.1 Å². The first kappa shape index (κ1) is 14.6.